The third-order valence-electron chi connectivity index (χ3n) is 3.68. The van der Waals surface area contributed by atoms with Crippen LogP contribution in [0.5, 0.6) is 0 Å². The first-order valence-corrected chi connectivity index (χ1v) is 6.61. The van der Waals surface area contributed by atoms with Gasteiger partial charge < -0.3 is 10.4 Å². The number of carbonyl (C=O) groups excluding carboxylic acids is 1. The number of carboxylic acids is 1. The molecular weight excluding hydrogens is 282 g/mol. The summed E-state index contributed by atoms with van der Waals surface area (Å²) >= 11 is 0. The normalized spacial score (nSPS) is 20.2. The third kappa shape index (κ3) is 3.55. The number of nitrogens with zero attached hydrogens (tertiary/aromatic N) is 1. The Morgan fingerprint density at radius 2 is 2.10 bits per heavy atom. The van der Waals surface area contributed by atoms with Crippen molar-refractivity contribution in [3.05, 3.63) is 29.8 Å². The van der Waals surface area contributed by atoms with Gasteiger partial charge in [-0.2, -0.15) is 0 Å². The van der Waals surface area contributed by atoms with E-state index in [1.54, 1.807) is 11.8 Å². The largest absolute Gasteiger partial charge is 0.481 e. The first-order valence-electron chi connectivity index (χ1n) is 6.61. The van der Waals surface area contributed by atoms with Gasteiger partial charge in [0.15, 0.2) is 11.6 Å². The smallest absolute Gasteiger partial charge is 0.307 e. The van der Waals surface area contributed by atoms with Crippen LogP contribution >= 0.6 is 0 Å². The summed E-state index contributed by atoms with van der Waals surface area (Å²) in [6, 6.07) is 2.57. The molecule has 1 fully saturated rings. The summed E-state index contributed by atoms with van der Waals surface area (Å²) in [5.41, 5.74) is 0.166. The second-order valence-corrected chi connectivity index (χ2v) is 5.11. The van der Waals surface area contributed by atoms with Gasteiger partial charge in [0, 0.05) is 18.3 Å². The quantitative estimate of drug-likeness (QED) is 0.887. The summed E-state index contributed by atoms with van der Waals surface area (Å²) in [6.45, 7) is 2.48. The minimum absolute atomic E-state index is 0.166. The molecule has 1 aliphatic rings. The lowest BCUT2D eigenvalue weighted by Gasteiger charge is -2.23. The van der Waals surface area contributed by atoms with Gasteiger partial charge in [-0.3, -0.25) is 14.5 Å². The summed E-state index contributed by atoms with van der Waals surface area (Å²) in [5, 5.41) is 11.4. The maximum Gasteiger partial charge on any atom is 0.307 e. The van der Waals surface area contributed by atoms with Crippen molar-refractivity contribution in [3.8, 4) is 0 Å². The van der Waals surface area contributed by atoms with E-state index in [2.05, 4.69) is 5.32 Å². The standard InChI is InChI=1S/C14H16F2N2O3/c1-8(18-5-4-9(7-18)14(20)21)13(19)17-10-2-3-11(15)12(16)6-10/h2-3,6,8-9H,4-5,7H2,1H3,(H,17,19)(H,20,21). The van der Waals surface area contributed by atoms with E-state index in [-0.39, 0.29) is 11.6 Å². The number of likely N-dealkylation sites (tertiary alicyclic amines) is 1. The second kappa shape index (κ2) is 6.17. The van der Waals surface area contributed by atoms with Crippen LogP contribution in [0.4, 0.5) is 14.5 Å². The summed E-state index contributed by atoms with van der Waals surface area (Å²) in [7, 11) is 0. The predicted molar refractivity (Wildman–Crippen MR) is 71.8 cm³/mol. The fourth-order valence-electron chi connectivity index (χ4n) is 2.33. The molecule has 1 heterocycles. The molecule has 0 spiro atoms. The Labute approximate surface area is 120 Å². The molecule has 114 valence electrons. The van der Waals surface area contributed by atoms with E-state index in [4.69, 9.17) is 5.11 Å². The predicted octanol–water partition coefficient (Wildman–Crippen LogP) is 1.70. The third-order valence-corrected chi connectivity index (χ3v) is 3.68. The molecule has 1 aromatic rings. The van der Waals surface area contributed by atoms with Gasteiger partial charge in [0.25, 0.3) is 0 Å². The SMILES string of the molecule is CC(C(=O)Nc1ccc(F)c(F)c1)N1CCC(C(=O)O)C1. The molecule has 1 saturated heterocycles. The number of halogens is 2. The number of nitrogens with one attached hydrogen (secondary N) is 1. The van der Waals surface area contributed by atoms with Crippen molar-refractivity contribution >= 4 is 17.6 Å². The monoisotopic (exact) mass is 298 g/mol. The summed E-state index contributed by atoms with van der Waals surface area (Å²) < 4.78 is 25.9. The van der Waals surface area contributed by atoms with E-state index in [0.29, 0.717) is 19.5 Å². The lowest BCUT2D eigenvalue weighted by atomic mass is 10.1. The van der Waals surface area contributed by atoms with Crippen molar-refractivity contribution in [2.24, 2.45) is 5.92 Å². The Morgan fingerprint density at radius 1 is 1.38 bits per heavy atom. The molecule has 1 aromatic carbocycles. The zero-order valence-electron chi connectivity index (χ0n) is 11.5. The van der Waals surface area contributed by atoms with E-state index in [1.807, 2.05) is 0 Å². The van der Waals surface area contributed by atoms with Crippen molar-refractivity contribution in [2.45, 2.75) is 19.4 Å². The molecule has 1 aliphatic heterocycles. The van der Waals surface area contributed by atoms with Gasteiger partial charge in [-0.1, -0.05) is 0 Å². The fourth-order valence-corrected chi connectivity index (χ4v) is 2.33. The number of aliphatic carboxylic acids is 1. The molecule has 0 radical (unpaired) electrons. The lowest BCUT2D eigenvalue weighted by Crippen LogP contribution is -2.41. The van der Waals surface area contributed by atoms with Crippen LogP contribution in [-0.4, -0.2) is 41.0 Å². The van der Waals surface area contributed by atoms with Crippen molar-refractivity contribution in [3.63, 3.8) is 0 Å². The Hall–Kier alpha value is -2.02. The van der Waals surface area contributed by atoms with Crippen molar-refractivity contribution in [1.82, 2.24) is 4.90 Å². The van der Waals surface area contributed by atoms with Crippen molar-refractivity contribution in [1.29, 1.82) is 0 Å². The highest BCUT2D eigenvalue weighted by molar-refractivity contribution is 5.94. The molecule has 2 N–H and O–H groups in total. The summed E-state index contributed by atoms with van der Waals surface area (Å²) in [4.78, 5) is 24.7. The van der Waals surface area contributed by atoms with E-state index in [1.165, 1.54) is 6.07 Å². The van der Waals surface area contributed by atoms with Crippen LogP contribution in [0.2, 0.25) is 0 Å². The average Bonchev–Trinajstić information content (AvgIpc) is 2.92. The van der Waals surface area contributed by atoms with Crippen LogP contribution in [0.15, 0.2) is 18.2 Å². The molecule has 21 heavy (non-hydrogen) atoms. The molecular formula is C14H16F2N2O3. The van der Waals surface area contributed by atoms with E-state index in [0.717, 1.165) is 12.1 Å². The highest BCUT2D eigenvalue weighted by Gasteiger charge is 2.33. The average molecular weight is 298 g/mol. The van der Waals surface area contributed by atoms with Crippen LogP contribution in [0.3, 0.4) is 0 Å². The number of anilines is 1. The van der Waals surface area contributed by atoms with Crippen LogP contribution in [0, 0.1) is 17.6 Å². The Balaban J connectivity index is 1.97. The zero-order chi connectivity index (χ0) is 15.6. The zero-order valence-corrected chi connectivity index (χ0v) is 11.5. The fraction of sp³-hybridized carbons (Fsp3) is 0.429. The second-order valence-electron chi connectivity index (χ2n) is 5.11. The maximum absolute atomic E-state index is 13.1. The van der Waals surface area contributed by atoms with E-state index < -0.39 is 29.6 Å². The molecule has 7 heteroatoms. The summed E-state index contributed by atoms with van der Waals surface area (Å²) in [5.74, 6) is -3.74. The van der Waals surface area contributed by atoms with Gasteiger partial charge in [0.2, 0.25) is 5.91 Å². The van der Waals surface area contributed by atoms with E-state index in [9.17, 15) is 18.4 Å². The first-order chi connectivity index (χ1) is 9.88. The number of carbonyl (C=O) groups is 2. The highest BCUT2D eigenvalue weighted by Crippen LogP contribution is 2.20. The number of benzene rings is 1. The molecule has 2 atom stereocenters. The van der Waals surface area contributed by atoms with Crippen LogP contribution in [0.25, 0.3) is 0 Å². The van der Waals surface area contributed by atoms with Gasteiger partial charge in [0.05, 0.1) is 12.0 Å². The van der Waals surface area contributed by atoms with Crippen molar-refractivity contribution in [2.75, 3.05) is 18.4 Å². The summed E-state index contributed by atoms with van der Waals surface area (Å²) in [6.07, 6.45) is 0.498. The number of rotatable bonds is 4. The van der Waals surface area contributed by atoms with Crippen LogP contribution in [-0.2, 0) is 9.59 Å². The topological polar surface area (TPSA) is 69.6 Å². The van der Waals surface area contributed by atoms with Gasteiger partial charge in [-0.05, 0) is 32.0 Å². The Morgan fingerprint density at radius 3 is 2.67 bits per heavy atom. The number of carboxylic acid groups (broad SMARTS) is 1. The lowest BCUT2D eigenvalue weighted by molar-refractivity contribution is -0.141. The Kier molecular flexibility index (Phi) is 4.52. The van der Waals surface area contributed by atoms with Gasteiger partial charge in [-0.15, -0.1) is 0 Å². The first kappa shape index (κ1) is 15.4. The molecule has 0 saturated carbocycles. The van der Waals surface area contributed by atoms with Gasteiger partial charge >= 0.3 is 5.97 Å². The maximum atomic E-state index is 13.1. The highest BCUT2D eigenvalue weighted by atomic mass is 19.2. The molecule has 0 aromatic heterocycles. The van der Waals surface area contributed by atoms with Crippen LogP contribution < -0.4 is 5.32 Å². The minimum Gasteiger partial charge on any atom is -0.481 e. The number of hydrogen-bond acceptors (Lipinski definition) is 3. The van der Waals surface area contributed by atoms with Gasteiger partial charge in [0.1, 0.15) is 0 Å². The molecule has 0 bridgehead atoms. The molecule has 2 unspecified atom stereocenters. The van der Waals surface area contributed by atoms with E-state index >= 15 is 0 Å². The molecule has 5 nitrogen and oxygen atoms in total. The molecule has 1 amide bonds. The van der Waals surface area contributed by atoms with Crippen molar-refractivity contribution < 1.29 is 23.5 Å². The molecule has 0 aliphatic carbocycles. The minimum atomic E-state index is -1.03. The number of amides is 1. The number of hydrogen-bond donors (Lipinski definition) is 2. The van der Waals surface area contributed by atoms with Gasteiger partial charge in [-0.25, -0.2) is 8.78 Å². The Bertz CT molecular complexity index is 565. The molecule has 2 rings (SSSR count). The van der Waals surface area contributed by atoms with Crippen LogP contribution in [0.1, 0.15) is 13.3 Å².